The first kappa shape index (κ1) is 18.3. The molecule has 0 unspecified atom stereocenters. The summed E-state index contributed by atoms with van der Waals surface area (Å²) >= 11 is 1.17. The molecule has 2 aromatic carbocycles. The number of rotatable bonds is 6. The second-order valence-corrected chi connectivity index (χ2v) is 6.34. The number of nitrogens with two attached hydrogens (primary N) is 1. The van der Waals surface area contributed by atoms with Crippen LogP contribution in [0.5, 0.6) is 11.5 Å². The number of ether oxygens (including phenoxy) is 2. The molecule has 9 heteroatoms. The van der Waals surface area contributed by atoms with Crippen LogP contribution < -0.4 is 15.2 Å². The number of benzene rings is 2. The Kier molecular flexibility index (Phi) is 5.32. The highest BCUT2D eigenvalue weighted by Gasteiger charge is 2.17. The molecule has 3 rings (SSSR count). The monoisotopic (exact) mass is 384 g/mol. The van der Waals surface area contributed by atoms with Crippen molar-refractivity contribution in [1.82, 2.24) is 4.98 Å². The molecule has 3 aromatic rings. The van der Waals surface area contributed by atoms with Gasteiger partial charge in [-0.15, -0.1) is 10.2 Å². The first-order valence-corrected chi connectivity index (χ1v) is 8.57. The lowest BCUT2D eigenvalue weighted by molar-refractivity contribution is 0.0697. The number of nitrogen functional groups attached to an aromatic ring is 1. The van der Waals surface area contributed by atoms with E-state index in [1.807, 2.05) is 0 Å². The van der Waals surface area contributed by atoms with Gasteiger partial charge in [-0.1, -0.05) is 17.4 Å². The second-order valence-electron chi connectivity index (χ2n) is 5.33. The molecule has 0 bridgehead atoms. The predicted octanol–water partition coefficient (Wildman–Crippen LogP) is 4.52. The number of aromatic nitrogens is 1. The molecule has 8 nitrogen and oxygen atoms in total. The summed E-state index contributed by atoms with van der Waals surface area (Å²) in [7, 11) is 3.12. The average Bonchev–Trinajstić information content (AvgIpc) is 3.06. The minimum absolute atomic E-state index is 0.130. The van der Waals surface area contributed by atoms with Crippen molar-refractivity contribution in [2.75, 3.05) is 20.0 Å². The third-order valence-electron chi connectivity index (χ3n) is 3.64. The van der Waals surface area contributed by atoms with Crippen LogP contribution in [0.4, 0.5) is 15.8 Å². The first-order valence-electron chi connectivity index (χ1n) is 7.75. The second kappa shape index (κ2) is 7.83. The number of carbonyl (C=O) groups is 1. The zero-order valence-corrected chi connectivity index (χ0v) is 15.4. The summed E-state index contributed by atoms with van der Waals surface area (Å²) in [6.07, 6.45) is 0. The van der Waals surface area contributed by atoms with Crippen LogP contribution in [0.1, 0.15) is 10.4 Å². The van der Waals surface area contributed by atoms with E-state index in [4.69, 9.17) is 20.3 Å². The Labute approximate surface area is 158 Å². The lowest BCUT2D eigenvalue weighted by Gasteiger charge is -2.09. The molecule has 0 saturated carbocycles. The number of methoxy groups -OCH3 is 2. The summed E-state index contributed by atoms with van der Waals surface area (Å²) < 4.78 is 10.7. The zero-order chi connectivity index (χ0) is 19.4. The average molecular weight is 384 g/mol. The van der Waals surface area contributed by atoms with Crippen LogP contribution in [0, 0.1) is 0 Å². The molecular formula is C18H16N4O4S. The van der Waals surface area contributed by atoms with Gasteiger partial charge in [0.05, 0.1) is 25.5 Å². The number of nitrogens with zero attached hydrogens (tertiary/aromatic N) is 3. The largest absolute Gasteiger partial charge is 0.497 e. The first-order chi connectivity index (χ1) is 13.0. The van der Waals surface area contributed by atoms with Gasteiger partial charge in [-0.05, 0) is 36.4 Å². The van der Waals surface area contributed by atoms with Crippen LogP contribution in [-0.4, -0.2) is 30.3 Å². The van der Waals surface area contributed by atoms with Gasteiger partial charge >= 0.3 is 5.97 Å². The van der Waals surface area contributed by atoms with Gasteiger partial charge in [0, 0.05) is 5.56 Å². The standard InChI is InChI=1S/C18H16N4O4S/c1-25-12-6-7-14(26-2)13(9-12)15-16(27-18(19)20-15)22-21-11-5-3-4-10(8-11)17(23)24/h3-9H,1-2H3,(H2,19,20)(H,23,24). The number of aromatic carboxylic acids is 1. The Morgan fingerprint density at radius 1 is 1.15 bits per heavy atom. The molecule has 0 fully saturated rings. The fraction of sp³-hybridized carbons (Fsp3) is 0.111. The number of carboxylic acid groups (broad SMARTS) is 1. The van der Waals surface area contributed by atoms with E-state index in [2.05, 4.69) is 15.2 Å². The molecule has 0 amide bonds. The molecule has 1 heterocycles. The normalized spacial score (nSPS) is 10.9. The Morgan fingerprint density at radius 2 is 1.96 bits per heavy atom. The topological polar surface area (TPSA) is 119 Å². The molecule has 3 N–H and O–H groups in total. The van der Waals surface area contributed by atoms with Crippen LogP contribution in [0.25, 0.3) is 11.3 Å². The van der Waals surface area contributed by atoms with E-state index in [1.165, 1.54) is 23.5 Å². The van der Waals surface area contributed by atoms with E-state index < -0.39 is 5.97 Å². The molecule has 27 heavy (non-hydrogen) atoms. The molecule has 0 atom stereocenters. The van der Waals surface area contributed by atoms with Gasteiger partial charge in [-0.2, -0.15) is 0 Å². The number of azo groups is 1. The number of carboxylic acids is 1. The minimum Gasteiger partial charge on any atom is -0.497 e. The summed E-state index contributed by atoms with van der Waals surface area (Å²) in [5.41, 5.74) is 7.58. The lowest BCUT2D eigenvalue weighted by Crippen LogP contribution is -1.94. The van der Waals surface area contributed by atoms with E-state index in [0.29, 0.717) is 38.6 Å². The summed E-state index contributed by atoms with van der Waals surface area (Å²) in [6, 6.07) is 11.5. The van der Waals surface area contributed by atoms with Gasteiger partial charge < -0.3 is 20.3 Å². The SMILES string of the molecule is COc1ccc(OC)c(-c2nc(N)sc2N=Nc2cccc(C(=O)O)c2)c1. The minimum atomic E-state index is -1.03. The Balaban J connectivity index is 2.02. The maximum Gasteiger partial charge on any atom is 0.335 e. The van der Waals surface area contributed by atoms with Gasteiger partial charge in [0.2, 0.25) is 0 Å². The fourth-order valence-corrected chi connectivity index (χ4v) is 3.04. The van der Waals surface area contributed by atoms with Crippen LogP contribution in [0.15, 0.2) is 52.7 Å². The van der Waals surface area contributed by atoms with Crippen LogP contribution in [0.2, 0.25) is 0 Å². The lowest BCUT2D eigenvalue weighted by atomic mass is 10.1. The Bertz CT molecular complexity index is 1020. The predicted molar refractivity (Wildman–Crippen MR) is 103 cm³/mol. The van der Waals surface area contributed by atoms with E-state index in [9.17, 15) is 4.79 Å². The quantitative estimate of drug-likeness (QED) is 0.603. The van der Waals surface area contributed by atoms with Crippen LogP contribution >= 0.6 is 11.3 Å². The van der Waals surface area contributed by atoms with E-state index in [-0.39, 0.29) is 5.56 Å². The molecule has 0 saturated heterocycles. The molecular weight excluding hydrogens is 368 g/mol. The number of hydrogen-bond acceptors (Lipinski definition) is 8. The van der Waals surface area contributed by atoms with E-state index >= 15 is 0 Å². The zero-order valence-electron chi connectivity index (χ0n) is 14.5. The van der Waals surface area contributed by atoms with Crippen molar-refractivity contribution in [2.24, 2.45) is 10.2 Å². The van der Waals surface area contributed by atoms with Gasteiger partial charge in [0.1, 0.15) is 17.2 Å². The van der Waals surface area contributed by atoms with Crippen molar-refractivity contribution in [1.29, 1.82) is 0 Å². The molecule has 0 aliphatic rings. The third-order valence-corrected chi connectivity index (χ3v) is 4.41. The molecule has 0 aliphatic heterocycles. The van der Waals surface area contributed by atoms with Crippen molar-refractivity contribution >= 4 is 33.1 Å². The fourth-order valence-electron chi connectivity index (χ4n) is 2.37. The van der Waals surface area contributed by atoms with Gasteiger partial charge in [0.15, 0.2) is 10.1 Å². The van der Waals surface area contributed by atoms with Gasteiger partial charge in [0.25, 0.3) is 0 Å². The maximum absolute atomic E-state index is 11.1. The van der Waals surface area contributed by atoms with Crippen molar-refractivity contribution < 1.29 is 19.4 Å². The summed E-state index contributed by atoms with van der Waals surface area (Å²) in [5, 5.41) is 18.2. The third kappa shape index (κ3) is 4.04. The molecule has 0 spiro atoms. The molecule has 0 aliphatic carbocycles. The highest BCUT2D eigenvalue weighted by Crippen LogP contribution is 2.42. The van der Waals surface area contributed by atoms with Crippen molar-refractivity contribution in [3.63, 3.8) is 0 Å². The van der Waals surface area contributed by atoms with Gasteiger partial charge in [-0.25, -0.2) is 9.78 Å². The van der Waals surface area contributed by atoms with Crippen LogP contribution in [0.3, 0.4) is 0 Å². The van der Waals surface area contributed by atoms with Crippen molar-refractivity contribution in [3.8, 4) is 22.8 Å². The van der Waals surface area contributed by atoms with Crippen molar-refractivity contribution in [3.05, 3.63) is 48.0 Å². The van der Waals surface area contributed by atoms with Crippen molar-refractivity contribution in [2.45, 2.75) is 0 Å². The summed E-state index contributed by atoms with van der Waals surface area (Å²) in [4.78, 5) is 15.4. The molecule has 138 valence electrons. The molecule has 0 radical (unpaired) electrons. The highest BCUT2D eigenvalue weighted by atomic mass is 32.1. The summed E-state index contributed by atoms with van der Waals surface area (Å²) in [6.45, 7) is 0. The number of thiazole rings is 1. The molecule has 1 aromatic heterocycles. The Hall–Kier alpha value is -3.46. The van der Waals surface area contributed by atoms with Gasteiger partial charge in [-0.3, -0.25) is 0 Å². The van der Waals surface area contributed by atoms with E-state index in [1.54, 1.807) is 44.6 Å². The maximum atomic E-state index is 11.1. The number of anilines is 1. The van der Waals surface area contributed by atoms with Crippen LogP contribution in [-0.2, 0) is 0 Å². The summed E-state index contributed by atoms with van der Waals surface area (Å²) in [5.74, 6) is 0.190. The van der Waals surface area contributed by atoms with E-state index in [0.717, 1.165) is 0 Å². The Morgan fingerprint density at radius 3 is 2.67 bits per heavy atom. The smallest absolute Gasteiger partial charge is 0.335 e. The number of hydrogen-bond donors (Lipinski definition) is 2. The highest BCUT2D eigenvalue weighted by molar-refractivity contribution is 7.19.